The highest BCUT2D eigenvalue weighted by Gasteiger charge is 2.10. The van der Waals surface area contributed by atoms with Gasteiger partial charge in [-0.3, -0.25) is 4.79 Å². The molecular weight excluding hydrogens is 362 g/mol. The molecule has 1 N–H and O–H groups in total. The molecule has 0 saturated carbocycles. The number of hydrogen-bond acceptors (Lipinski definition) is 3. The Morgan fingerprint density at radius 2 is 1.97 bits per heavy atom. The normalized spacial score (nSPS) is 11.0. The van der Waals surface area contributed by atoms with Crippen molar-refractivity contribution in [2.45, 2.75) is 39.2 Å². The number of carbonyl (C=O) groups excluding carboxylic acids is 1. The summed E-state index contributed by atoms with van der Waals surface area (Å²) < 4.78 is 8.19. The Balaban J connectivity index is 1.63. The van der Waals surface area contributed by atoms with E-state index in [4.69, 9.17) is 9.72 Å². The number of benzene rings is 2. The second-order valence-electron chi connectivity index (χ2n) is 7.34. The number of para-hydroxylation sites is 2. The van der Waals surface area contributed by atoms with E-state index in [2.05, 4.69) is 48.5 Å². The van der Waals surface area contributed by atoms with Crippen molar-refractivity contribution in [1.82, 2.24) is 14.9 Å². The molecule has 0 unspecified atom stereocenters. The van der Waals surface area contributed by atoms with Crippen LogP contribution in [0, 0.1) is 0 Å². The molecule has 3 rings (SSSR count). The van der Waals surface area contributed by atoms with Crippen LogP contribution >= 0.6 is 0 Å². The van der Waals surface area contributed by atoms with Crippen molar-refractivity contribution in [3.63, 3.8) is 0 Å². The first-order valence-corrected chi connectivity index (χ1v) is 10.2. The largest absolute Gasteiger partial charge is 0.492 e. The molecule has 0 aliphatic carbocycles. The zero-order valence-corrected chi connectivity index (χ0v) is 17.2. The third-order valence-electron chi connectivity index (χ3n) is 4.93. The summed E-state index contributed by atoms with van der Waals surface area (Å²) in [5, 5.41) is 2.81. The fourth-order valence-electron chi connectivity index (χ4n) is 3.30. The van der Waals surface area contributed by atoms with Crippen LogP contribution in [0.2, 0.25) is 0 Å². The molecule has 5 heteroatoms. The SMILES string of the molecule is C=CC(=O)NCCCc1nc2ccccc2n1CCOc1ccc(C(C)C)cc1. The van der Waals surface area contributed by atoms with Crippen molar-refractivity contribution in [3.05, 3.63) is 72.6 Å². The Morgan fingerprint density at radius 1 is 1.21 bits per heavy atom. The predicted molar refractivity (Wildman–Crippen MR) is 117 cm³/mol. The Bertz CT molecular complexity index is 958. The number of nitrogens with one attached hydrogen (secondary N) is 1. The quantitative estimate of drug-likeness (QED) is 0.410. The minimum Gasteiger partial charge on any atom is -0.492 e. The van der Waals surface area contributed by atoms with Crippen LogP contribution in [-0.4, -0.2) is 28.6 Å². The number of rotatable bonds is 10. The topological polar surface area (TPSA) is 56.2 Å². The Hall–Kier alpha value is -3.08. The zero-order chi connectivity index (χ0) is 20.6. The van der Waals surface area contributed by atoms with Gasteiger partial charge in [-0.05, 0) is 48.2 Å². The molecule has 1 amide bonds. The summed E-state index contributed by atoms with van der Waals surface area (Å²) in [7, 11) is 0. The molecule has 0 saturated heterocycles. The first-order valence-electron chi connectivity index (χ1n) is 10.2. The molecule has 152 valence electrons. The number of carbonyl (C=O) groups is 1. The lowest BCUT2D eigenvalue weighted by molar-refractivity contribution is -0.116. The van der Waals surface area contributed by atoms with Gasteiger partial charge in [0.25, 0.3) is 0 Å². The molecule has 29 heavy (non-hydrogen) atoms. The van der Waals surface area contributed by atoms with Crippen LogP contribution in [0.25, 0.3) is 11.0 Å². The van der Waals surface area contributed by atoms with E-state index in [1.807, 2.05) is 30.3 Å². The Kier molecular flexibility index (Phi) is 7.06. The summed E-state index contributed by atoms with van der Waals surface area (Å²) in [6.45, 7) is 9.74. The standard InChI is InChI=1S/C24H29N3O2/c1-4-24(28)25-15-7-10-23-26-21-8-5-6-9-22(21)27(23)16-17-29-20-13-11-19(12-14-20)18(2)3/h4-6,8-9,11-14,18H,1,7,10,15-17H2,2-3H3,(H,25,28). The van der Waals surface area contributed by atoms with Crippen molar-refractivity contribution < 1.29 is 9.53 Å². The van der Waals surface area contributed by atoms with Crippen LogP contribution in [-0.2, 0) is 17.8 Å². The number of ether oxygens (including phenoxy) is 1. The van der Waals surface area contributed by atoms with Gasteiger partial charge in [-0.1, -0.05) is 44.7 Å². The molecule has 0 fully saturated rings. The zero-order valence-electron chi connectivity index (χ0n) is 17.2. The first kappa shape index (κ1) is 20.6. The van der Waals surface area contributed by atoms with Crippen molar-refractivity contribution in [2.75, 3.05) is 13.2 Å². The van der Waals surface area contributed by atoms with Gasteiger partial charge in [0.1, 0.15) is 18.2 Å². The van der Waals surface area contributed by atoms with Gasteiger partial charge in [0, 0.05) is 13.0 Å². The molecule has 0 bridgehead atoms. The van der Waals surface area contributed by atoms with Gasteiger partial charge < -0.3 is 14.6 Å². The number of aromatic nitrogens is 2. The minimum absolute atomic E-state index is 0.143. The van der Waals surface area contributed by atoms with Crippen LogP contribution in [0.15, 0.2) is 61.2 Å². The van der Waals surface area contributed by atoms with E-state index in [1.165, 1.54) is 11.6 Å². The maximum atomic E-state index is 11.3. The second-order valence-corrected chi connectivity index (χ2v) is 7.34. The highest BCUT2D eigenvalue weighted by Crippen LogP contribution is 2.20. The number of nitrogens with zero attached hydrogens (tertiary/aromatic N) is 2. The molecule has 1 aromatic heterocycles. The minimum atomic E-state index is -0.143. The van der Waals surface area contributed by atoms with E-state index in [1.54, 1.807) is 0 Å². The van der Waals surface area contributed by atoms with Gasteiger partial charge in [-0.2, -0.15) is 0 Å². The number of aryl methyl sites for hydroxylation is 1. The van der Waals surface area contributed by atoms with Crippen molar-refractivity contribution >= 4 is 16.9 Å². The van der Waals surface area contributed by atoms with Gasteiger partial charge in [0.15, 0.2) is 0 Å². The second kappa shape index (κ2) is 9.92. The highest BCUT2D eigenvalue weighted by molar-refractivity contribution is 5.86. The lowest BCUT2D eigenvalue weighted by atomic mass is 10.0. The lowest BCUT2D eigenvalue weighted by Gasteiger charge is -2.12. The molecule has 2 aromatic carbocycles. The molecule has 3 aromatic rings. The molecular formula is C24H29N3O2. The molecule has 1 heterocycles. The van der Waals surface area contributed by atoms with E-state index < -0.39 is 0 Å². The first-order chi connectivity index (χ1) is 14.1. The third kappa shape index (κ3) is 5.47. The van der Waals surface area contributed by atoms with Gasteiger partial charge in [0.05, 0.1) is 17.6 Å². The molecule has 0 atom stereocenters. The number of fused-ring (bicyclic) bond motifs is 1. The lowest BCUT2D eigenvalue weighted by Crippen LogP contribution is -2.22. The summed E-state index contributed by atoms with van der Waals surface area (Å²) in [6.07, 6.45) is 2.90. The van der Waals surface area contributed by atoms with Crippen molar-refractivity contribution in [1.29, 1.82) is 0 Å². The summed E-state index contributed by atoms with van der Waals surface area (Å²) in [5.41, 5.74) is 3.40. The number of hydrogen-bond donors (Lipinski definition) is 1. The fraction of sp³-hybridized carbons (Fsp3) is 0.333. The predicted octanol–water partition coefficient (Wildman–Crippen LogP) is 4.47. The Labute approximate surface area is 172 Å². The van der Waals surface area contributed by atoms with Crippen LogP contribution in [0.3, 0.4) is 0 Å². The monoisotopic (exact) mass is 391 g/mol. The Morgan fingerprint density at radius 3 is 2.69 bits per heavy atom. The molecule has 5 nitrogen and oxygen atoms in total. The summed E-state index contributed by atoms with van der Waals surface area (Å²) >= 11 is 0. The molecule has 0 aliphatic heterocycles. The van der Waals surface area contributed by atoms with Crippen LogP contribution < -0.4 is 10.1 Å². The maximum absolute atomic E-state index is 11.3. The molecule has 0 radical (unpaired) electrons. The maximum Gasteiger partial charge on any atom is 0.243 e. The molecule has 0 spiro atoms. The van der Waals surface area contributed by atoms with Crippen LogP contribution in [0.4, 0.5) is 0 Å². The average molecular weight is 392 g/mol. The molecule has 0 aliphatic rings. The highest BCUT2D eigenvalue weighted by atomic mass is 16.5. The summed E-state index contributed by atoms with van der Waals surface area (Å²) in [6, 6.07) is 16.4. The fourth-order valence-corrected chi connectivity index (χ4v) is 3.30. The van der Waals surface area contributed by atoms with E-state index >= 15 is 0 Å². The van der Waals surface area contributed by atoms with Gasteiger partial charge >= 0.3 is 0 Å². The van der Waals surface area contributed by atoms with Gasteiger partial charge in [-0.15, -0.1) is 0 Å². The third-order valence-corrected chi connectivity index (χ3v) is 4.93. The smallest absolute Gasteiger partial charge is 0.243 e. The van der Waals surface area contributed by atoms with Gasteiger partial charge in [0.2, 0.25) is 5.91 Å². The van der Waals surface area contributed by atoms with E-state index in [9.17, 15) is 4.79 Å². The van der Waals surface area contributed by atoms with E-state index in [0.29, 0.717) is 19.1 Å². The van der Waals surface area contributed by atoms with E-state index in [-0.39, 0.29) is 5.91 Å². The van der Waals surface area contributed by atoms with Crippen LogP contribution in [0.1, 0.15) is 37.6 Å². The number of imidazole rings is 1. The van der Waals surface area contributed by atoms with Gasteiger partial charge in [-0.25, -0.2) is 4.98 Å². The van der Waals surface area contributed by atoms with Crippen molar-refractivity contribution in [2.24, 2.45) is 0 Å². The summed E-state index contributed by atoms with van der Waals surface area (Å²) in [4.78, 5) is 16.1. The number of amides is 1. The van der Waals surface area contributed by atoms with Crippen molar-refractivity contribution in [3.8, 4) is 5.75 Å². The summed E-state index contributed by atoms with van der Waals surface area (Å²) in [5.74, 6) is 2.26. The van der Waals surface area contributed by atoms with E-state index in [0.717, 1.165) is 42.0 Å². The average Bonchev–Trinajstić information content (AvgIpc) is 3.09. The van der Waals surface area contributed by atoms with Crippen LogP contribution in [0.5, 0.6) is 5.75 Å².